The monoisotopic (exact) mass is 254 g/mol. The van der Waals surface area contributed by atoms with Gasteiger partial charge in [0.05, 0.1) is 6.61 Å². The molecular formula is C12H18N2O4. The largest absolute Gasteiger partial charge is 0.459 e. The van der Waals surface area contributed by atoms with E-state index in [1.807, 2.05) is 6.92 Å². The highest BCUT2D eigenvalue weighted by Gasteiger charge is 2.41. The average Bonchev–Trinajstić information content (AvgIpc) is 2.98. The second-order valence-corrected chi connectivity index (χ2v) is 4.28. The summed E-state index contributed by atoms with van der Waals surface area (Å²) in [4.78, 5) is 15.6. The second-order valence-electron chi connectivity index (χ2n) is 4.28. The number of carbonyl (C=O) groups is 1. The maximum atomic E-state index is 11.5. The van der Waals surface area contributed by atoms with E-state index in [9.17, 15) is 4.79 Å². The van der Waals surface area contributed by atoms with Gasteiger partial charge in [0.1, 0.15) is 5.60 Å². The molecule has 100 valence electrons. The smallest absolute Gasteiger partial charge is 0.397 e. The van der Waals surface area contributed by atoms with E-state index in [1.54, 1.807) is 6.92 Å². The van der Waals surface area contributed by atoms with E-state index < -0.39 is 11.6 Å². The fraction of sp³-hybridized carbons (Fsp3) is 0.750. The summed E-state index contributed by atoms with van der Waals surface area (Å²) in [6.45, 7) is 4.54. The van der Waals surface area contributed by atoms with Crippen molar-refractivity contribution in [3.05, 3.63) is 11.7 Å². The summed E-state index contributed by atoms with van der Waals surface area (Å²) in [5.74, 6) is -0.219. The quantitative estimate of drug-likeness (QED) is 0.749. The molecule has 1 aromatic heterocycles. The first-order valence-corrected chi connectivity index (χ1v) is 6.37. The van der Waals surface area contributed by atoms with E-state index in [1.165, 1.54) is 0 Å². The molecule has 1 heterocycles. The molecule has 6 nitrogen and oxygen atoms in total. The minimum Gasteiger partial charge on any atom is -0.459 e. The molecule has 0 N–H and O–H groups in total. The van der Waals surface area contributed by atoms with Crippen LogP contribution in [0.1, 0.15) is 56.0 Å². The Morgan fingerprint density at radius 3 is 2.67 bits per heavy atom. The lowest BCUT2D eigenvalue weighted by molar-refractivity contribution is -0.0469. The number of ether oxygens (including phenoxy) is 2. The molecule has 1 fully saturated rings. The molecule has 0 spiro atoms. The number of esters is 1. The molecule has 1 aliphatic carbocycles. The summed E-state index contributed by atoms with van der Waals surface area (Å²) in [6.07, 6.45) is 3.87. The SMILES string of the molecule is CCOC(=O)c1nc(C2(OCC)CCCC2)no1. The molecule has 1 saturated carbocycles. The topological polar surface area (TPSA) is 74.5 Å². The Hall–Kier alpha value is -1.43. The van der Waals surface area contributed by atoms with E-state index in [0.717, 1.165) is 25.7 Å². The van der Waals surface area contributed by atoms with Crippen LogP contribution >= 0.6 is 0 Å². The minimum atomic E-state index is -0.583. The summed E-state index contributed by atoms with van der Waals surface area (Å²) in [6, 6.07) is 0. The average molecular weight is 254 g/mol. The molecule has 6 heteroatoms. The van der Waals surface area contributed by atoms with Crippen LogP contribution in [0.2, 0.25) is 0 Å². The Morgan fingerprint density at radius 2 is 2.06 bits per heavy atom. The maximum Gasteiger partial charge on any atom is 0.397 e. The molecule has 0 atom stereocenters. The predicted molar refractivity (Wildman–Crippen MR) is 62.0 cm³/mol. The third-order valence-electron chi connectivity index (χ3n) is 3.12. The van der Waals surface area contributed by atoms with Crippen molar-refractivity contribution in [1.29, 1.82) is 0 Å². The van der Waals surface area contributed by atoms with Crippen LogP contribution < -0.4 is 0 Å². The van der Waals surface area contributed by atoms with E-state index in [2.05, 4.69) is 10.1 Å². The van der Waals surface area contributed by atoms with Crippen molar-refractivity contribution in [1.82, 2.24) is 10.1 Å². The van der Waals surface area contributed by atoms with Crippen molar-refractivity contribution in [2.45, 2.75) is 45.1 Å². The van der Waals surface area contributed by atoms with Gasteiger partial charge in [-0.2, -0.15) is 4.98 Å². The minimum absolute atomic E-state index is 0.0992. The molecule has 0 unspecified atom stereocenters. The zero-order chi connectivity index (χ0) is 13.0. The molecule has 1 aliphatic rings. The van der Waals surface area contributed by atoms with Crippen molar-refractivity contribution >= 4 is 5.97 Å². The van der Waals surface area contributed by atoms with Gasteiger partial charge in [-0.05, 0) is 39.5 Å². The first-order chi connectivity index (χ1) is 8.72. The van der Waals surface area contributed by atoms with E-state index >= 15 is 0 Å². The zero-order valence-electron chi connectivity index (χ0n) is 10.8. The van der Waals surface area contributed by atoms with Gasteiger partial charge in [-0.3, -0.25) is 0 Å². The Morgan fingerprint density at radius 1 is 1.33 bits per heavy atom. The summed E-state index contributed by atoms with van der Waals surface area (Å²) < 4.78 is 15.6. The van der Waals surface area contributed by atoms with E-state index in [-0.39, 0.29) is 12.5 Å². The maximum absolute atomic E-state index is 11.5. The lowest BCUT2D eigenvalue weighted by Crippen LogP contribution is -2.27. The second kappa shape index (κ2) is 5.48. The highest BCUT2D eigenvalue weighted by atomic mass is 16.6. The van der Waals surface area contributed by atoms with Crippen molar-refractivity contribution in [3.8, 4) is 0 Å². The fourth-order valence-electron chi connectivity index (χ4n) is 2.34. The standard InChI is InChI=1S/C12H18N2O4/c1-3-16-10(15)9-13-11(14-18-9)12(17-4-2)7-5-6-8-12/h3-8H2,1-2H3. The van der Waals surface area contributed by atoms with Gasteiger partial charge in [-0.15, -0.1) is 0 Å². The summed E-state index contributed by atoms with van der Waals surface area (Å²) >= 11 is 0. The van der Waals surface area contributed by atoms with Gasteiger partial charge in [-0.25, -0.2) is 4.79 Å². The van der Waals surface area contributed by atoms with Crippen molar-refractivity contribution in [2.24, 2.45) is 0 Å². The summed E-state index contributed by atoms with van der Waals surface area (Å²) in [7, 11) is 0. The van der Waals surface area contributed by atoms with Crippen LogP contribution in [0.4, 0.5) is 0 Å². The first-order valence-electron chi connectivity index (χ1n) is 6.37. The first kappa shape index (κ1) is 13.0. The Balaban J connectivity index is 2.19. The zero-order valence-corrected chi connectivity index (χ0v) is 10.8. The predicted octanol–water partition coefficient (Wildman–Crippen LogP) is 2.05. The molecule has 0 aliphatic heterocycles. The molecule has 0 radical (unpaired) electrons. The van der Waals surface area contributed by atoms with Crippen molar-refractivity contribution < 1.29 is 18.8 Å². The van der Waals surface area contributed by atoms with Crippen LogP contribution in [0.5, 0.6) is 0 Å². The Labute approximate surface area is 106 Å². The fourth-order valence-corrected chi connectivity index (χ4v) is 2.34. The molecule has 0 saturated heterocycles. The molecule has 0 bridgehead atoms. The lowest BCUT2D eigenvalue weighted by atomic mass is 10.0. The highest BCUT2D eigenvalue weighted by molar-refractivity contribution is 5.83. The number of nitrogens with zero attached hydrogens (tertiary/aromatic N) is 2. The number of rotatable bonds is 5. The Bertz CT molecular complexity index is 410. The van der Waals surface area contributed by atoms with Gasteiger partial charge in [0, 0.05) is 6.61 Å². The van der Waals surface area contributed by atoms with Crippen LogP contribution in [-0.4, -0.2) is 29.3 Å². The third kappa shape index (κ3) is 2.38. The molecule has 2 rings (SSSR count). The van der Waals surface area contributed by atoms with Gasteiger partial charge in [-0.1, -0.05) is 5.16 Å². The van der Waals surface area contributed by atoms with Crippen LogP contribution in [0.25, 0.3) is 0 Å². The van der Waals surface area contributed by atoms with Gasteiger partial charge in [0.2, 0.25) is 5.82 Å². The van der Waals surface area contributed by atoms with Crippen LogP contribution in [-0.2, 0) is 15.1 Å². The van der Waals surface area contributed by atoms with Crippen LogP contribution in [0.3, 0.4) is 0 Å². The lowest BCUT2D eigenvalue weighted by Gasteiger charge is -2.24. The number of aromatic nitrogens is 2. The van der Waals surface area contributed by atoms with Crippen molar-refractivity contribution in [3.63, 3.8) is 0 Å². The van der Waals surface area contributed by atoms with Crippen molar-refractivity contribution in [2.75, 3.05) is 13.2 Å². The number of hydrogen-bond donors (Lipinski definition) is 0. The molecule has 0 amide bonds. The number of carbonyl (C=O) groups excluding carboxylic acids is 1. The molecule has 1 aromatic rings. The van der Waals surface area contributed by atoms with Gasteiger partial charge in [0.25, 0.3) is 0 Å². The van der Waals surface area contributed by atoms with Gasteiger partial charge in [0.15, 0.2) is 0 Å². The highest BCUT2D eigenvalue weighted by Crippen LogP contribution is 2.40. The Kier molecular flexibility index (Phi) is 3.96. The molecule has 18 heavy (non-hydrogen) atoms. The third-order valence-corrected chi connectivity index (χ3v) is 3.12. The van der Waals surface area contributed by atoms with Crippen LogP contribution in [0.15, 0.2) is 4.52 Å². The number of hydrogen-bond acceptors (Lipinski definition) is 6. The normalized spacial score (nSPS) is 17.9. The summed E-state index contributed by atoms with van der Waals surface area (Å²) in [5, 5.41) is 3.88. The summed E-state index contributed by atoms with van der Waals surface area (Å²) in [5.41, 5.74) is -0.483. The van der Waals surface area contributed by atoms with Gasteiger partial charge >= 0.3 is 11.9 Å². The molecular weight excluding hydrogens is 236 g/mol. The van der Waals surface area contributed by atoms with Crippen LogP contribution in [0, 0.1) is 0 Å². The molecule has 0 aromatic carbocycles. The van der Waals surface area contributed by atoms with Gasteiger partial charge < -0.3 is 14.0 Å². The van der Waals surface area contributed by atoms with E-state index in [0.29, 0.717) is 12.4 Å². The van der Waals surface area contributed by atoms with E-state index in [4.69, 9.17) is 14.0 Å².